The maximum atomic E-state index is 9.37. The largest absolute Gasteiger partial charge is 0.394 e. The van der Waals surface area contributed by atoms with Crippen LogP contribution in [0.4, 0.5) is 5.69 Å². The van der Waals surface area contributed by atoms with Crippen LogP contribution in [0.15, 0.2) is 30.5 Å². The lowest BCUT2D eigenvalue weighted by Gasteiger charge is -2.15. The minimum atomic E-state index is -0.213. The summed E-state index contributed by atoms with van der Waals surface area (Å²) in [5, 5.41) is 13.4. The number of halogens is 1. The topological polar surface area (TPSA) is 45.1 Å². The van der Waals surface area contributed by atoms with Gasteiger partial charge in [-0.1, -0.05) is 29.3 Å². The molecule has 90 valence electrons. The number of nitrogens with one attached hydrogen (secondary N) is 1. The Kier molecular flexibility index (Phi) is 3.99. The molecule has 1 atom stereocenters. The monoisotopic (exact) mass is 268 g/mol. The van der Waals surface area contributed by atoms with Gasteiger partial charge in [0.25, 0.3) is 0 Å². The van der Waals surface area contributed by atoms with Crippen LogP contribution in [0.5, 0.6) is 0 Å². The third-order valence-electron chi connectivity index (χ3n) is 2.37. The summed E-state index contributed by atoms with van der Waals surface area (Å²) in [6.45, 7) is 2.02. The molecule has 0 spiro atoms. The van der Waals surface area contributed by atoms with Crippen LogP contribution in [-0.2, 0) is 0 Å². The Morgan fingerprint density at radius 2 is 2.12 bits per heavy atom. The average Bonchev–Trinajstić information content (AvgIpc) is 2.75. The maximum absolute atomic E-state index is 9.37. The fourth-order valence-corrected chi connectivity index (χ4v) is 2.44. The average molecular weight is 269 g/mol. The molecule has 0 bridgehead atoms. The van der Waals surface area contributed by atoms with Crippen molar-refractivity contribution in [3.8, 4) is 0 Å². The van der Waals surface area contributed by atoms with Crippen LogP contribution in [0.25, 0.3) is 0 Å². The number of hydrogen-bond donors (Lipinski definition) is 2. The molecule has 0 saturated heterocycles. The van der Waals surface area contributed by atoms with E-state index in [-0.39, 0.29) is 12.6 Å². The number of aliphatic hydroxyl groups excluding tert-OH is 1. The molecule has 0 aliphatic carbocycles. The molecule has 0 aliphatic heterocycles. The van der Waals surface area contributed by atoms with Crippen LogP contribution < -0.4 is 5.32 Å². The molecule has 0 saturated carbocycles. The Hall–Kier alpha value is -1.10. The first kappa shape index (κ1) is 12.4. The molecule has 2 N–H and O–H groups in total. The van der Waals surface area contributed by atoms with E-state index < -0.39 is 0 Å². The molecular weight excluding hydrogens is 256 g/mol. The van der Waals surface area contributed by atoms with Crippen LogP contribution in [0.1, 0.15) is 16.6 Å². The van der Waals surface area contributed by atoms with Gasteiger partial charge in [0.05, 0.1) is 12.8 Å². The fraction of sp³-hybridized carbons (Fsp3) is 0.250. The van der Waals surface area contributed by atoms with E-state index in [1.807, 2.05) is 31.2 Å². The van der Waals surface area contributed by atoms with E-state index in [0.717, 1.165) is 10.7 Å². The predicted molar refractivity (Wildman–Crippen MR) is 71.8 cm³/mol. The molecule has 0 fully saturated rings. The number of rotatable bonds is 4. The van der Waals surface area contributed by atoms with Crippen LogP contribution in [0.2, 0.25) is 4.34 Å². The lowest BCUT2D eigenvalue weighted by atomic mass is 10.2. The first-order chi connectivity index (χ1) is 8.19. The van der Waals surface area contributed by atoms with E-state index in [1.54, 1.807) is 6.20 Å². The van der Waals surface area contributed by atoms with Crippen LogP contribution in [0.3, 0.4) is 0 Å². The van der Waals surface area contributed by atoms with Crippen molar-refractivity contribution in [1.29, 1.82) is 0 Å². The highest BCUT2D eigenvalue weighted by atomic mass is 35.5. The van der Waals surface area contributed by atoms with Crippen molar-refractivity contribution in [2.45, 2.75) is 13.0 Å². The van der Waals surface area contributed by atoms with Crippen LogP contribution in [0, 0.1) is 6.92 Å². The lowest BCUT2D eigenvalue weighted by Crippen LogP contribution is -2.14. The lowest BCUT2D eigenvalue weighted by molar-refractivity contribution is 0.276. The Morgan fingerprint density at radius 1 is 1.41 bits per heavy atom. The summed E-state index contributed by atoms with van der Waals surface area (Å²) in [7, 11) is 0. The minimum Gasteiger partial charge on any atom is -0.394 e. The Morgan fingerprint density at radius 3 is 2.65 bits per heavy atom. The molecule has 1 aromatic carbocycles. The molecular formula is C12H13ClN2OS. The van der Waals surface area contributed by atoms with Gasteiger partial charge in [0, 0.05) is 5.69 Å². The fourth-order valence-electron chi connectivity index (χ4n) is 1.46. The normalized spacial score (nSPS) is 12.4. The number of aliphatic hydroxyl groups is 1. The molecule has 0 amide bonds. The van der Waals surface area contributed by atoms with Gasteiger partial charge in [0.2, 0.25) is 0 Å². The molecule has 1 aromatic heterocycles. The van der Waals surface area contributed by atoms with Crippen molar-refractivity contribution >= 4 is 28.6 Å². The summed E-state index contributed by atoms with van der Waals surface area (Å²) < 4.78 is 0.629. The number of thiazole rings is 1. The Balaban J connectivity index is 2.12. The van der Waals surface area contributed by atoms with E-state index in [1.165, 1.54) is 16.9 Å². The third kappa shape index (κ3) is 3.19. The molecule has 1 unspecified atom stereocenters. The summed E-state index contributed by atoms with van der Waals surface area (Å²) in [5.41, 5.74) is 2.16. The summed E-state index contributed by atoms with van der Waals surface area (Å²) in [6, 6.07) is 7.78. The number of aryl methyl sites for hydroxylation is 1. The highest BCUT2D eigenvalue weighted by molar-refractivity contribution is 7.15. The summed E-state index contributed by atoms with van der Waals surface area (Å²) in [6.07, 6.45) is 1.60. The SMILES string of the molecule is Cc1ccc(NC(CO)c2ncc(Cl)s2)cc1. The van der Waals surface area contributed by atoms with Crippen LogP contribution >= 0.6 is 22.9 Å². The van der Waals surface area contributed by atoms with Gasteiger partial charge >= 0.3 is 0 Å². The van der Waals surface area contributed by atoms with Gasteiger partial charge in [-0.25, -0.2) is 4.98 Å². The van der Waals surface area contributed by atoms with Gasteiger partial charge in [-0.3, -0.25) is 0 Å². The Bertz CT molecular complexity index is 484. The van der Waals surface area contributed by atoms with Crippen molar-refractivity contribution < 1.29 is 5.11 Å². The van der Waals surface area contributed by atoms with E-state index in [9.17, 15) is 5.11 Å². The second-order valence-electron chi connectivity index (χ2n) is 3.75. The quantitative estimate of drug-likeness (QED) is 0.895. The first-order valence-corrected chi connectivity index (χ1v) is 6.44. The number of anilines is 1. The predicted octanol–water partition coefficient (Wildman–Crippen LogP) is 3.25. The molecule has 2 aromatic rings. The number of hydrogen-bond acceptors (Lipinski definition) is 4. The van der Waals surface area contributed by atoms with Gasteiger partial charge in [-0.15, -0.1) is 11.3 Å². The molecule has 0 aliphatic rings. The summed E-state index contributed by atoms with van der Waals surface area (Å²) in [4.78, 5) is 4.16. The standard InChI is InChI=1S/C12H13ClN2OS/c1-8-2-4-9(5-3-8)15-10(7-16)12-14-6-11(13)17-12/h2-6,10,15-16H,7H2,1H3. The Labute approximate surface area is 109 Å². The first-order valence-electron chi connectivity index (χ1n) is 5.24. The number of aromatic nitrogens is 1. The van der Waals surface area contributed by atoms with Crippen molar-refractivity contribution in [3.63, 3.8) is 0 Å². The van der Waals surface area contributed by atoms with Gasteiger partial charge < -0.3 is 10.4 Å². The number of benzene rings is 1. The zero-order chi connectivity index (χ0) is 12.3. The van der Waals surface area contributed by atoms with Crippen molar-refractivity contribution in [1.82, 2.24) is 4.98 Å². The van der Waals surface area contributed by atoms with Crippen molar-refractivity contribution in [2.24, 2.45) is 0 Å². The maximum Gasteiger partial charge on any atom is 0.119 e. The second-order valence-corrected chi connectivity index (χ2v) is 5.44. The number of nitrogens with zero attached hydrogens (tertiary/aromatic N) is 1. The van der Waals surface area contributed by atoms with E-state index >= 15 is 0 Å². The summed E-state index contributed by atoms with van der Waals surface area (Å²) in [5.74, 6) is 0. The highest BCUT2D eigenvalue weighted by Crippen LogP contribution is 2.26. The zero-order valence-corrected chi connectivity index (χ0v) is 10.9. The minimum absolute atomic E-state index is 0.0162. The van der Waals surface area contributed by atoms with E-state index in [2.05, 4.69) is 10.3 Å². The van der Waals surface area contributed by atoms with Gasteiger partial charge in [-0.2, -0.15) is 0 Å². The second kappa shape index (κ2) is 5.49. The molecule has 1 heterocycles. The zero-order valence-electron chi connectivity index (χ0n) is 9.35. The third-order valence-corrected chi connectivity index (χ3v) is 3.60. The molecule has 3 nitrogen and oxygen atoms in total. The molecule has 5 heteroatoms. The van der Waals surface area contributed by atoms with Gasteiger partial charge in [0.1, 0.15) is 15.4 Å². The van der Waals surface area contributed by atoms with Gasteiger partial charge in [-0.05, 0) is 19.1 Å². The molecule has 17 heavy (non-hydrogen) atoms. The van der Waals surface area contributed by atoms with Gasteiger partial charge in [0.15, 0.2) is 0 Å². The van der Waals surface area contributed by atoms with E-state index in [0.29, 0.717) is 4.34 Å². The van der Waals surface area contributed by atoms with Crippen LogP contribution in [-0.4, -0.2) is 16.7 Å². The van der Waals surface area contributed by atoms with E-state index in [4.69, 9.17) is 11.6 Å². The smallest absolute Gasteiger partial charge is 0.119 e. The van der Waals surface area contributed by atoms with Crippen molar-refractivity contribution in [3.05, 3.63) is 45.4 Å². The summed E-state index contributed by atoms with van der Waals surface area (Å²) >= 11 is 7.21. The molecule has 2 rings (SSSR count). The molecule has 0 radical (unpaired) electrons. The van der Waals surface area contributed by atoms with Crippen molar-refractivity contribution in [2.75, 3.05) is 11.9 Å². The highest BCUT2D eigenvalue weighted by Gasteiger charge is 2.14.